The Hall–Kier alpha value is -1.69. The predicted octanol–water partition coefficient (Wildman–Crippen LogP) is 2.61. The fourth-order valence-electron chi connectivity index (χ4n) is 1.63. The summed E-state index contributed by atoms with van der Waals surface area (Å²) >= 11 is 5.18. The van der Waals surface area contributed by atoms with Gasteiger partial charge in [-0.25, -0.2) is 9.59 Å². The molecular weight excluding hydrogens is 278 g/mol. The number of hydrogen-bond donors (Lipinski definition) is 2. The van der Waals surface area contributed by atoms with Gasteiger partial charge in [-0.1, -0.05) is 30.4 Å². The Bertz CT molecular complexity index is 474. The van der Waals surface area contributed by atoms with Gasteiger partial charge < -0.3 is 15.2 Å². The Labute approximate surface area is 123 Å². The fraction of sp³-hybridized carbons (Fsp3) is 0.500. The van der Waals surface area contributed by atoms with E-state index in [0.717, 1.165) is 5.57 Å². The molecule has 0 bridgehead atoms. The van der Waals surface area contributed by atoms with Crippen LogP contribution < -0.4 is 5.32 Å². The molecule has 0 saturated carbocycles. The number of carbonyl (C=O) groups is 2. The summed E-state index contributed by atoms with van der Waals surface area (Å²) in [6, 6.07) is -1.06. The highest BCUT2D eigenvalue weighted by atomic mass is 32.1. The van der Waals surface area contributed by atoms with Gasteiger partial charge >= 0.3 is 12.1 Å². The van der Waals surface area contributed by atoms with Crippen LogP contribution in [0.2, 0.25) is 0 Å². The van der Waals surface area contributed by atoms with Gasteiger partial charge in [0.05, 0.1) is 0 Å². The number of carboxylic acids is 1. The van der Waals surface area contributed by atoms with Crippen molar-refractivity contribution in [1.29, 1.82) is 0 Å². The fourth-order valence-corrected chi connectivity index (χ4v) is 1.88. The number of carboxylic acid groups (broad SMARTS) is 1. The highest BCUT2D eigenvalue weighted by Crippen LogP contribution is 2.16. The van der Waals surface area contributed by atoms with E-state index < -0.39 is 23.7 Å². The smallest absolute Gasteiger partial charge is 0.408 e. The number of rotatable bonds is 4. The molecule has 0 aromatic heterocycles. The molecule has 5 nitrogen and oxygen atoms in total. The molecule has 0 unspecified atom stereocenters. The first-order valence-electron chi connectivity index (χ1n) is 6.30. The number of hydrogen-bond acceptors (Lipinski definition) is 4. The zero-order valence-electron chi connectivity index (χ0n) is 11.8. The highest BCUT2D eigenvalue weighted by molar-refractivity contribution is 7.80. The summed E-state index contributed by atoms with van der Waals surface area (Å²) in [5.41, 5.74) is 0.0842. The molecule has 0 aliphatic heterocycles. The second-order valence-corrected chi connectivity index (χ2v) is 5.98. The number of amides is 1. The van der Waals surface area contributed by atoms with Crippen LogP contribution in [-0.2, 0) is 9.53 Å². The summed E-state index contributed by atoms with van der Waals surface area (Å²) in [4.78, 5) is 23.6. The van der Waals surface area contributed by atoms with Crippen LogP contribution in [0.5, 0.6) is 0 Å². The van der Waals surface area contributed by atoms with Crippen molar-refractivity contribution in [2.24, 2.45) is 0 Å². The molecule has 1 aliphatic rings. The third kappa shape index (κ3) is 5.52. The quantitative estimate of drug-likeness (QED) is 0.780. The van der Waals surface area contributed by atoms with Gasteiger partial charge in [0, 0.05) is 17.7 Å². The molecule has 1 amide bonds. The number of ether oxygens (including phenoxy) is 1. The molecular formula is C14H19NO4S. The van der Waals surface area contributed by atoms with E-state index in [1.165, 1.54) is 0 Å². The molecule has 0 heterocycles. The van der Waals surface area contributed by atoms with Gasteiger partial charge in [-0.15, -0.1) is 0 Å². The summed E-state index contributed by atoms with van der Waals surface area (Å²) in [6.45, 7) is 5.14. The predicted molar refractivity (Wildman–Crippen MR) is 79.8 cm³/mol. The monoisotopic (exact) mass is 297 g/mol. The lowest BCUT2D eigenvalue weighted by atomic mass is 9.98. The van der Waals surface area contributed by atoms with Crippen LogP contribution in [0.25, 0.3) is 0 Å². The third-order valence-corrected chi connectivity index (χ3v) is 2.94. The maximum Gasteiger partial charge on any atom is 0.408 e. The molecule has 110 valence electrons. The second kappa shape index (κ2) is 6.65. The Balaban J connectivity index is 2.68. The Kier molecular flexibility index (Phi) is 5.44. The summed E-state index contributed by atoms with van der Waals surface area (Å²) in [5.74, 6) is -1.12. The summed E-state index contributed by atoms with van der Waals surface area (Å²) < 4.78 is 5.05. The number of alkyl carbamates (subject to hydrolysis) is 1. The minimum atomic E-state index is -1.12. The van der Waals surface area contributed by atoms with Crippen LogP contribution in [0, 0.1) is 0 Å². The van der Waals surface area contributed by atoms with Crippen LogP contribution in [0.4, 0.5) is 4.79 Å². The van der Waals surface area contributed by atoms with Crippen LogP contribution in [0.15, 0.2) is 23.8 Å². The molecule has 1 atom stereocenters. The van der Waals surface area contributed by atoms with Crippen molar-refractivity contribution in [2.75, 3.05) is 0 Å². The summed E-state index contributed by atoms with van der Waals surface area (Å²) in [5, 5.41) is 11.5. The minimum Gasteiger partial charge on any atom is -0.480 e. The number of thiocarbonyl (C=S) groups is 1. The van der Waals surface area contributed by atoms with Gasteiger partial charge in [0.15, 0.2) is 0 Å². The maximum atomic E-state index is 11.6. The first-order chi connectivity index (χ1) is 9.19. The lowest BCUT2D eigenvalue weighted by molar-refractivity contribution is -0.139. The average Bonchev–Trinajstić information content (AvgIpc) is 2.28. The number of nitrogens with one attached hydrogen (secondary N) is 1. The van der Waals surface area contributed by atoms with Crippen molar-refractivity contribution >= 4 is 29.1 Å². The van der Waals surface area contributed by atoms with E-state index in [4.69, 9.17) is 17.0 Å². The summed E-state index contributed by atoms with van der Waals surface area (Å²) in [6.07, 6.45) is 5.54. The molecule has 0 aromatic carbocycles. The van der Waals surface area contributed by atoms with Crippen molar-refractivity contribution in [3.63, 3.8) is 0 Å². The van der Waals surface area contributed by atoms with Crippen molar-refractivity contribution in [3.8, 4) is 0 Å². The first-order valence-corrected chi connectivity index (χ1v) is 6.71. The third-order valence-electron chi connectivity index (χ3n) is 2.51. The number of allylic oxidation sites excluding steroid dienone is 3. The highest BCUT2D eigenvalue weighted by Gasteiger charge is 2.25. The Morgan fingerprint density at radius 3 is 2.65 bits per heavy atom. The largest absolute Gasteiger partial charge is 0.480 e. The minimum absolute atomic E-state index is 0.151. The van der Waals surface area contributed by atoms with E-state index in [2.05, 4.69) is 5.32 Å². The number of aliphatic carboxylic acids is 1. The van der Waals surface area contributed by atoms with Crippen molar-refractivity contribution in [2.45, 2.75) is 45.3 Å². The van der Waals surface area contributed by atoms with E-state index in [1.807, 2.05) is 12.2 Å². The maximum absolute atomic E-state index is 11.6. The number of carbonyl (C=O) groups excluding carboxylic acids is 1. The lowest BCUT2D eigenvalue weighted by Crippen LogP contribution is -2.44. The van der Waals surface area contributed by atoms with Crippen molar-refractivity contribution in [1.82, 2.24) is 5.32 Å². The second-order valence-electron chi connectivity index (χ2n) is 5.49. The van der Waals surface area contributed by atoms with Crippen molar-refractivity contribution < 1.29 is 19.4 Å². The van der Waals surface area contributed by atoms with Gasteiger partial charge in [0.1, 0.15) is 11.6 Å². The van der Waals surface area contributed by atoms with Gasteiger partial charge in [-0.2, -0.15) is 0 Å². The normalized spacial score (nSPS) is 16.4. The molecule has 0 aromatic rings. The van der Waals surface area contributed by atoms with Crippen LogP contribution >= 0.6 is 12.2 Å². The Morgan fingerprint density at radius 2 is 2.15 bits per heavy atom. The molecule has 0 fully saturated rings. The van der Waals surface area contributed by atoms with E-state index >= 15 is 0 Å². The van der Waals surface area contributed by atoms with Crippen molar-refractivity contribution in [3.05, 3.63) is 23.8 Å². The lowest BCUT2D eigenvalue weighted by Gasteiger charge is -2.22. The molecule has 2 N–H and O–H groups in total. The standard InChI is InChI=1S/C14H19NO4S/c1-14(2,3)19-13(18)15-10(12(16)17)8-9-6-4-5-7-11(9)20/h4-6,10H,7-8H2,1-3H3,(H,15,18)(H,16,17)/t10-/m0/s1. The molecule has 1 rings (SSSR count). The van der Waals surface area contributed by atoms with E-state index in [1.54, 1.807) is 26.8 Å². The zero-order valence-corrected chi connectivity index (χ0v) is 12.6. The molecule has 6 heteroatoms. The molecule has 0 spiro atoms. The summed E-state index contributed by atoms with van der Waals surface area (Å²) in [7, 11) is 0. The topological polar surface area (TPSA) is 75.6 Å². The Morgan fingerprint density at radius 1 is 1.50 bits per heavy atom. The molecule has 0 saturated heterocycles. The average molecular weight is 297 g/mol. The van der Waals surface area contributed by atoms with Gasteiger partial charge in [-0.05, 0) is 26.3 Å². The van der Waals surface area contributed by atoms with Crippen LogP contribution in [0.3, 0.4) is 0 Å². The van der Waals surface area contributed by atoms with E-state index in [-0.39, 0.29) is 6.42 Å². The van der Waals surface area contributed by atoms with E-state index in [9.17, 15) is 14.7 Å². The first kappa shape index (κ1) is 16.4. The van der Waals surface area contributed by atoms with Crippen LogP contribution in [0.1, 0.15) is 33.6 Å². The molecule has 20 heavy (non-hydrogen) atoms. The zero-order chi connectivity index (χ0) is 15.3. The van der Waals surface area contributed by atoms with Gasteiger partial charge in [-0.3, -0.25) is 0 Å². The van der Waals surface area contributed by atoms with E-state index in [0.29, 0.717) is 11.3 Å². The van der Waals surface area contributed by atoms with Crippen LogP contribution in [-0.4, -0.2) is 33.7 Å². The van der Waals surface area contributed by atoms with Gasteiger partial charge in [0.25, 0.3) is 0 Å². The van der Waals surface area contributed by atoms with Gasteiger partial charge in [0.2, 0.25) is 0 Å². The molecule has 1 aliphatic carbocycles. The SMILES string of the molecule is CC(C)(C)OC(=O)N[C@@H](CC1=CC=CCC1=S)C(=O)O. The molecule has 0 radical (unpaired) electrons.